The van der Waals surface area contributed by atoms with Crippen LogP contribution >= 0.6 is 0 Å². The molecule has 2 unspecified atom stereocenters. The lowest BCUT2D eigenvalue weighted by Crippen LogP contribution is -2.37. The summed E-state index contributed by atoms with van der Waals surface area (Å²) in [5.41, 5.74) is 5.98. The molecule has 19 heavy (non-hydrogen) atoms. The zero-order valence-corrected chi connectivity index (χ0v) is 12.2. The van der Waals surface area contributed by atoms with Crippen molar-refractivity contribution in [3.63, 3.8) is 0 Å². The quantitative estimate of drug-likeness (QED) is 0.805. The number of hydrogen-bond donors (Lipinski definition) is 2. The summed E-state index contributed by atoms with van der Waals surface area (Å²) in [7, 11) is -3.70. The van der Waals surface area contributed by atoms with E-state index in [9.17, 15) is 8.42 Å². The molecule has 0 saturated heterocycles. The summed E-state index contributed by atoms with van der Waals surface area (Å²) in [4.78, 5) is -0.0284. The van der Waals surface area contributed by atoms with Crippen LogP contribution in [0.4, 0.5) is 5.69 Å². The van der Waals surface area contributed by atoms with Crippen LogP contribution in [0.5, 0.6) is 0 Å². The van der Waals surface area contributed by atoms with Gasteiger partial charge in [-0.15, -0.1) is 0 Å². The van der Waals surface area contributed by atoms with Crippen molar-refractivity contribution in [2.75, 3.05) is 5.73 Å². The SMILES string of the molecule is CCC(C)C(C)NS(=O)(=O)c1ccc(N)cc1C#N. The zero-order valence-electron chi connectivity index (χ0n) is 11.3. The lowest BCUT2D eigenvalue weighted by Gasteiger charge is -2.20. The Labute approximate surface area is 114 Å². The van der Waals surface area contributed by atoms with Gasteiger partial charge >= 0.3 is 0 Å². The maximum absolute atomic E-state index is 12.3. The summed E-state index contributed by atoms with van der Waals surface area (Å²) in [6.45, 7) is 5.79. The highest BCUT2D eigenvalue weighted by Crippen LogP contribution is 2.19. The Morgan fingerprint density at radius 3 is 2.58 bits per heavy atom. The number of nitrogens with one attached hydrogen (secondary N) is 1. The predicted octanol–water partition coefficient (Wildman–Crippen LogP) is 1.85. The number of sulfonamides is 1. The van der Waals surface area contributed by atoms with Gasteiger partial charge in [0.05, 0.1) is 10.5 Å². The number of anilines is 1. The molecule has 3 N–H and O–H groups in total. The highest BCUT2D eigenvalue weighted by atomic mass is 32.2. The first-order valence-electron chi connectivity index (χ1n) is 6.13. The van der Waals surface area contributed by atoms with E-state index in [1.54, 1.807) is 0 Å². The fraction of sp³-hybridized carbons (Fsp3) is 0.462. The van der Waals surface area contributed by atoms with Gasteiger partial charge in [0.2, 0.25) is 10.0 Å². The molecule has 0 heterocycles. The van der Waals surface area contributed by atoms with Gasteiger partial charge in [-0.05, 0) is 31.0 Å². The van der Waals surface area contributed by atoms with E-state index in [-0.39, 0.29) is 22.4 Å². The molecule has 0 spiro atoms. The highest BCUT2D eigenvalue weighted by Gasteiger charge is 2.23. The molecule has 0 saturated carbocycles. The van der Waals surface area contributed by atoms with Gasteiger partial charge in [0.15, 0.2) is 0 Å². The summed E-state index contributed by atoms with van der Waals surface area (Å²) in [6.07, 6.45) is 0.872. The summed E-state index contributed by atoms with van der Waals surface area (Å²) >= 11 is 0. The van der Waals surface area contributed by atoms with E-state index in [1.807, 2.05) is 26.8 Å². The standard InChI is InChI=1S/C13H19N3O2S/c1-4-9(2)10(3)16-19(17,18)13-6-5-12(15)7-11(13)8-14/h5-7,9-10,16H,4,15H2,1-3H3. The fourth-order valence-corrected chi connectivity index (χ4v) is 3.14. The number of nitrogens with two attached hydrogens (primary N) is 1. The molecule has 0 aliphatic carbocycles. The highest BCUT2D eigenvalue weighted by molar-refractivity contribution is 7.89. The summed E-state index contributed by atoms with van der Waals surface area (Å²) < 4.78 is 27.1. The van der Waals surface area contributed by atoms with E-state index in [4.69, 9.17) is 11.0 Å². The maximum Gasteiger partial charge on any atom is 0.242 e. The van der Waals surface area contributed by atoms with Gasteiger partial charge in [0.25, 0.3) is 0 Å². The molecule has 5 nitrogen and oxygen atoms in total. The first-order valence-corrected chi connectivity index (χ1v) is 7.62. The Morgan fingerprint density at radius 2 is 2.05 bits per heavy atom. The van der Waals surface area contributed by atoms with Crippen molar-refractivity contribution < 1.29 is 8.42 Å². The van der Waals surface area contributed by atoms with Gasteiger partial charge in [0, 0.05) is 11.7 Å². The Balaban J connectivity index is 3.12. The van der Waals surface area contributed by atoms with E-state index < -0.39 is 10.0 Å². The Kier molecular flexibility index (Phi) is 4.92. The molecule has 0 radical (unpaired) electrons. The van der Waals surface area contributed by atoms with Gasteiger partial charge in [-0.2, -0.15) is 5.26 Å². The van der Waals surface area contributed by atoms with Crippen molar-refractivity contribution in [3.05, 3.63) is 23.8 Å². The van der Waals surface area contributed by atoms with Crippen LogP contribution in [0.2, 0.25) is 0 Å². The summed E-state index contributed by atoms with van der Waals surface area (Å²) in [5, 5.41) is 9.00. The van der Waals surface area contributed by atoms with Crippen LogP contribution in [0.3, 0.4) is 0 Å². The van der Waals surface area contributed by atoms with Crippen molar-refractivity contribution in [1.29, 1.82) is 5.26 Å². The molecule has 1 aromatic carbocycles. The minimum Gasteiger partial charge on any atom is -0.399 e. The third kappa shape index (κ3) is 3.69. The number of nitriles is 1. The smallest absolute Gasteiger partial charge is 0.242 e. The number of hydrogen-bond acceptors (Lipinski definition) is 4. The first kappa shape index (κ1) is 15.5. The van der Waals surface area contributed by atoms with Crippen molar-refractivity contribution in [2.45, 2.75) is 38.1 Å². The molecule has 0 amide bonds. The third-order valence-electron chi connectivity index (χ3n) is 3.25. The molecule has 0 aliphatic heterocycles. The van der Waals surface area contributed by atoms with Crippen LogP contribution in [0.25, 0.3) is 0 Å². The lowest BCUT2D eigenvalue weighted by molar-refractivity contribution is 0.434. The molecule has 0 fully saturated rings. The van der Waals surface area contributed by atoms with E-state index in [0.717, 1.165) is 6.42 Å². The van der Waals surface area contributed by atoms with Gasteiger partial charge in [-0.25, -0.2) is 13.1 Å². The zero-order chi connectivity index (χ0) is 14.6. The van der Waals surface area contributed by atoms with E-state index in [1.165, 1.54) is 18.2 Å². The lowest BCUT2D eigenvalue weighted by atomic mass is 10.0. The van der Waals surface area contributed by atoms with Crippen LogP contribution in [0.1, 0.15) is 32.8 Å². The van der Waals surface area contributed by atoms with Crippen LogP contribution in [-0.4, -0.2) is 14.5 Å². The fourth-order valence-electron chi connectivity index (χ4n) is 1.65. The summed E-state index contributed by atoms with van der Waals surface area (Å²) in [5.74, 6) is 0.217. The third-order valence-corrected chi connectivity index (χ3v) is 4.87. The average Bonchev–Trinajstić information content (AvgIpc) is 2.36. The largest absolute Gasteiger partial charge is 0.399 e. The second-order valence-corrected chi connectivity index (χ2v) is 6.35. The van der Waals surface area contributed by atoms with Crippen LogP contribution < -0.4 is 10.5 Å². The first-order chi connectivity index (χ1) is 8.81. The van der Waals surface area contributed by atoms with E-state index in [2.05, 4.69) is 4.72 Å². The molecule has 1 aromatic rings. The topological polar surface area (TPSA) is 96.0 Å². The average molecular weight is 281 g/mol. The van der Waals surface area contributed by atoms with Crippen molar-refractivity contribution in [2.24, 2.45) is 5.92 Å². The van der Waals surface area contributed by atoms with Crippen molar-refractivity contribution in [3.8, 4) is 6.07 Å². The Morgan fingerprint density at radius 1 is 1.42 bits per heavy atom. The minimum atomic E-state index is -3.70. The molecule has 104 valence electrons. The molecule has 0 bridgehead atoms. The molecular formula is C13H19N3O2S. The molecule has 2 atom stereocenters. The predicted molar refractivity (Wildman–Crippen MR) is 74.8 cm³/mol. The summed E-state index contributed by atoms with van der Waals surface area (Å²) in [6, 6.07) is 5.86. The van der Waals surface area contributed by atoms with Crippen LogP contribution in [0.15, 0.2) is 23.1 Å². The second kappa shape index (κ2) is 6.04. The van der Waals surface area contributed by atoms with Crippen LogP contribution in [-0.2, 0) is 10.0 Å². The molecule has 6 heteroatoms. The number of benzene rings is 1. The van der Waals surface area contributed by atoms with E-state index in [0.29, 0.717) is 5.69 Å². The Bertz CT molecular complexity index is 590. The number of nitrogen functional groups attached to an aromatic ring is 1. The van der Waals surface area contributed by atoms with Crippen molar-refractivity contribution >= 4 is 15.7 Å². The molecule has 0 aliphatic rings. The monoisotopic (exact) mass is 281 g/mol. The second-order valence-electron chi connectivity index (χ2n) is 4.66. The number of nitrogens with zero attached hydrogens (tertiary/aromatic N) is 1. The van der Waals surface area contributed by atoms with Crippen LogP contribution in [0, 0.1) is 17.2 Å². The van der Waals surface area contributed by atoms with Crippen molar-refractivity contribution in [1.82, 2.24) is 4.72 Å². The normalized spacial score (nSPS) is 14.6. The maximum atomic E-state index is 12.3. The van der Waals surface area contributed by atoms with Gasteiger partial charge < -0.3 is 5.73 Å². The van der Waals surface area contributed by atoms with Gasteiger partial charge in [-0.3, -0.25) is 0 Å². The molecule has 0 aromatic heterocycles. The molecular weight excluding hydrogens is 262 g/mol. The number of rotatable bonds is 5. The van der Waals surface area contributed by atoms with Gasteiger partial charge in [0.1, 0.15) is 6.07 Å². The van der Waals surface area contributed by atoms with Gasteiger partial charge in [-0.1, -0.05) is 20.3 Å². The molecule has 1 rings (SSSR count). The minimum absolute atomic E-state index is 0.0284. The Hall–Kier alpha value is -1.58. The van der Waals surface area contributed by atoms with E-state index >= 15 is 0 Å².